The van der Waals surface area contributed by atoms with Crippen molar-refractivity contribution in [2.75, 3.05) is 19.6 Å². The van der Waals surface area contributed by atoms with Gasteiger partial charge >= 0.3 is 0 Å². The molecule has 1 aliphatic carbocycles. The average Bonchev–Trinajstić information content (AvgIpc) is 2.18. The van der Waals surface area contributed by atoms with Gasteiger partial charge in [-0.1, -0.05) is 13.3 Å². The highest BCUT2D eigenvalue weighted by Crippen LogP contribution is 2.22. The monoisotopic (exact) mass is 227 g/mol. The summed E-state index contributed by atoms with van der Waals surface area (Å²) in [5.74, 6) is 0.622. The SMILES string of the molecule is CCN(CC1CCCCC1=O)CC(C)(C)O. The average molecular weight is 227 g/mol. The van der Waals surface area contributed by atoms with Crippen molar-refractivity contribution in [1.29, 1.82) is 0 Å². The third kappa shape index (κ3) is 4.62. The minimum atomic E-state index is -0.673. The molecule has 1 unspecified atom stereocenters. The van der Waals surface area contributed by atoms with Gasteiger partial charge in [0.15, 0.2) is 0 Å². The largest absolute Gasteiger partial charge is 0.389 e. The van der Waals surface area contributed by atoms with Gasteiger partial charge in [-0.05, 0) is 33.2 Å². The van der Waals surface area contributed by atoms with E-state index in [0.717, 1.165) is 32.4 Å². The van der Waals surface area contributed by atoms with Crippen molar-refractivity contribution in [3.8, 4) is 0 Å². The molecule has 0 aromatic heterocycles. The molecule has 1 fully saturated rings. The number of rotatable bonds is 5. The van der Waals surface area contributed by atoms with Crippen LogP contribution in [0.4, 0.5) is 0 Å². The molecule has 3 nitrogen and oxygen atoms in total. The number of carbonyl (C=O) groups excluding carboxylic acids is 1. The third-order valence-electron chi connectivity index (χ3n) is 3.22. The molecular formula is C13H25NO2. The van der Waals surface area contributed by atoms with Gasteiger partial charge in [-0.25, -0.2) is 0 Å². The lowest BCUT2D eigenvalue weighted by Gasteiger charge is -2.32. The Morgan fingerprint density at radius 1 is 1.44 bits per heavy atom. The van der Waals surface area contributed by atoms with Crippen LogP contribution in [0, 0.1) is 5.92 Å². The molecule has 3 heteroatoms. The van der Waals surface area contributed by atoms with Gasteiger partial charge in [0.05, 0.1) is 5.60 Å². The molecule has 0 aromatic rings. The zero-order valence-corrected chi connectivity index (χ0v) is 10.8. The highest BCUT2D eigenvalue weighted by atomic mass is 16.3. The minimum Gasteiger partial charge on any atom is -0.389 e. The molecule has 0 aromatic carbocycles. The van der Waals surface area contributed by atoms with Crippen molar-refractivity contribution in [3.05, 3.63) is 0 Å². The van der Waals surface area contributed by atoms with Crippen LogP contribution in [0.3, 0.4) is 0 Å². The van der Waals surface area contributed by atoms with E-state index in [1.807, 2.05) is 13.8 Å². The minimum absolute atomic E-state index is 0.205. The molecule has 1 saturated carbocycles. The van der Waals surface area contributed by atoms with Gasteiger partial charge in [0.2, 0.25) is 0 Å². The van der Waals surface area contributed by atoms with E-state index in [2.05, 4.69) is 11.8 Å². The smallest absolute Gasteiger partial charge is 0.137 e. The molecule has 0 radical (unpaired) electrons. The number of carbonyl (C=O) groups is 1. The van der Waals surface area contributed by atoms with Gasteiger partial charge < -0.3 is 10.0 Å². The Bertz CT molecular complexity index is 233. The molecule has 1 N–H and O–H groups in total. The van der Waals surface area contributed by atoms with E-state index in [4.69, 9.17) is 0 Å². The van der Waals surface area contributed by atoms with Crippen LogP contribution in [0.5, 0.6) is 0 Å². The normalized spacial score (nSPS) is 22.8. The summed E-state index contributed by atoms with van der Waals surface area (Å²) < 4.78 is 0. The lowest BCUT2D eigenvalue weighted by molar-refractivity contribution is -0.125. The Morgan fingerprint density at radius 3 is 2.62 bits per heavy atom. The van der Waals surface area contributed by atoms with E-state index in [0.29, 0.717) is 12.3 Å². The number of hydrogen-bond donors (Lipinski definition) is 1. The first-order chi connectivity index (χ1) is 7.42. The molecule has 0 spiro atoms. The number of nitrogens with zero attached hydrogens (tertiary/aromatic N) is 1. The Kier molecular flexibility index (Phi) is 4.93. The maximum atomic E-state index is 11.7. The van der Waals surface area contributed by atoms with E-state index >= 15 is 0 Å². The highest BCUT2D eigenvalue weighted by Gasteiger charge is 2.26. The Balaban J connectivity index is 2.45. The second-order valence-electron chi connectivity index (χ2n) is 5.55. The van der Waals surface area contributed by atoms with E-state index in [9.17, 15) is 9.90 Å². The van der Waals surface area contributed by atoms with Gasteiger partial charge in [-0.2, -0.15) is 0 Å². The molecular weight excluding hydrogens is 202 g/mol. The van der Waals surface area contributed by atoms with Crippen LogP contribution in [0.25, 0.3) is 0 Å². The quantitative estimate of drug-likeness (QED) is 0.779. The van der Waals surface area contributed by atoms with E-state index < -0.39 is 5.60 Å². The van der Waals surface area contributed by atoms with Crippen molar-refractivity contribution in [2.45, 2.75) is 52.1 Å². The maximum absolute atomic E-state index is 11.7. The lowest BCUT2D eigenvalue weighted by atomic mass is 9.87. The van der Waals surface area contributed by atoms with Crippen LogP contribution >= 0.6 is 0 Å². The summed E-state index contributed by atoms with van der Waals surface area (Å²) in [5.41, 5.74) is -0.673. The zero-order valence-electron chi connectivity index (χ0n) is 10.8. The standard InChI is InChI=1S/C13H25NO2/c1-4-14(10-13(2,3)16)9-11-7-5-6-8-12(11)15/h11,16H,4-10H2,1-3H3. The van der Waals surface area contributed by atoms with Gasteiger partial charge in [-0.3, -0.25) is 4.79 Å². The van der Waals surface area contributed by atoms with E-state index in [1.165, 1.54) is 6.42 Å². The Morgan fingerprint density at radius 2 is 2.12 bits per heavy atom. The third-order valence-corrected chi connectivity index (χ3v) is 3.22. The van der Waals surface area contributed by atoms with Gasteiger partial charge in [0.25, 0.3) is 0 Å². The zero-order chi connectivity index (χ0) is 12.2. The summed E-state index contributed by atoms with van der Waals surface area (Å²) >= 11 is 0. The fourth-order valence-electron chi connectivity index (χ4n) is 2.41. The predicted molar refractivity (Wildman–Crippen MR) is 65.4 cm³/mol. The summed E-state index contributed by atoms with van der Waals surface area (Å²) in [4.78, 5) is 13.9. The van der Waals surface area contributed by atoms with Crippen LogP contribution in [0.2, 0.25) is 0 Å². The predicted octanol–water partition coefficient (Wildman–Crippen LogP) is 1.84. The fraction of sp³-hybridized carbons (Fsp3) is 0.923. The number of Topliss-reactive ketones (excluding diaryl/α,β-unsaturated/α-hetero) is 1. The number of hydrogen-bond acceptors (Lipinski definition) is 3. The van der Waals surface area contributed by atoms with Crippen molar-refractivity contribution in [3.63, 3.8) is 0 Å². The molecule has 1 aliphatic rings. The molecule has 0 bridgehead atoms. The molecule has 1 rings (SSSR count). The van der Waals surface area contributed by atoms with Crippen molar-refractivity contribution >= 4 is 5.78 Å². The summed E-state index contributed by atoms with van der Waals surface area (Å²) in [7, 11) is 0. The van der Waals surface area contributed by atoms with Crippen LogP contribution < -0.4 is 0 Å². The van der Waals surface area contributed by atoms with E-state index in [-0.39, 0.29) is 5.92 Å². The van der Waals surface area contributed by atoms with Gasteiger partial charge in [0, 0.05) is 25.4 Å². The van der Waals surface area contributed by atoms with Gasteiger partial charge in [0.1, 0.15) is 5.78 Å². The van der Waals surface area contributed by atoms with Crippen molar-refractivity contribution < 1.29 is 9.90 Å². The molecule has 1 atom stereocenters. The molecule has 16 heavy (non-hydrogen) atoms. The highest BCUT2D eigenvalue weighted by molar-refractivity contribution is 5.81. The number of ketones is 1. The topological polar surface area (TPSA) is 40.5 Å². The molecule has 94 valence electrons. The van der Waals surface area contributed by atoms with Crippen molar-refractivity contribution in [1.82, 2.24) is 4.90 Å². The number of likely N-dealkylation sites (N-methyl/N-ethyl adjacent to an activating group) is 1. The fourth-order valence-corrected chi connectivity index (χ4v) is 2.41. The van der Waals surface area contributed by atoms with E-state index in [1.54, 1.807) is 0 Å². The molecule has 0 amide bonds. The van der Waals surface area contributed by atoms with Gasteiger partial charge in [-0.15, -0.1) is 0 Å². The second kappa shape index (κ2) is 5.78. The Labute approximate surface area is 98.8 Å². The first kappa shape index (κ1) is 13.7. The van der Waals surface area contributed by atoms with Crippen LogP contribution in [-0.2, 0) is 4.79 Å². The summed E-state index contributed by atoms with van der Waals surface area (Å²) in [6.07, 6.45) is 4.02. The van der Waals surface area contributed by atoms with Crippen LogP contribution in [0.15, 0.2) is 0 Å². The molecule has 0 aliphatic heterocycles. The van der Waals surface area contributed by atoms with Crippen LogP contribution in [-0.4, -0.2) is 41.0 Å². The summed E-state index contributed by atoms with van der Waals surface area (Å²) in [6.45, 7) is 8.08. The van der Waals surface area contributed by atoms with Crippen LogP contribution in [0.1, 0.15) is 46.5 Å². The molecule has 0 heterocycles. The second-order valence-corrected chi connectivity index (χ2v) is 5.55. The first-order valence-corrected chi connectivity index (χ1v) is 6.40. The lowest BCUT2D eigenvalue weighted by Crippen LogP contribution is -2.42. The Hall–Kier alpha value is -0.410. The number of aliphatic hydroxyl groups is 1. The van der Waals surface area contributed by atoms with Crippen molar-refractivity contribution in [2.24, 2.45) is 5.92 Å². The molecule has 0 saturated heterocycles. The summed E-state index contributed by atoms with van der Waals surface area (Å²) in [6, 6.07) is 0. The first-order valence-electron chi connectivity index (χ1n) is 6.40. The maximum Gasteiger partial charge on any atom is 0.137 e. The summed E-state index contributed by atoms with van der Waals surface area (Å²) in [5, 5.41) is 9.79.